The SMILES string of the molecule is CC(C)CC(C)CNc1ccc(N)cc1. The molecule has 0 spiro atoms. The fraction of sp³-hybridized carbons (Fsp3) is 0.538. The molecule has 15 heavy (non-hydrogen) atoms. The summed E-state index contributed by atoms with van der Waals surface area (Å²) in [6.45, 7) is 7.84. The molecule has 0 bridgehead atoms. The molecule has 0 saturated carbocycles. The van der Waals surface area contributed by atoms with E-state index in [9.17, 15) is 0 Å². The van der Waals surface area contributed by atoms with E-state index in [1.165, 1.54) is 6.42 Å². The summed E-state index contributed by atoms with van der Waals surface area (Å²) < 4.78 is 0. The third-order valence-corrected chi connectivity index (χ3v) is 2.44. The smallest absolute Gasteiger partial charge is 0.0341 e. The molecule has 1 aromatic carbocycles. The molecule has 0 aromatic heterocycles. The minimum atomic E-state index is 0.711. The number of hydrogen-bond donors (Lipinski definition) is 2. The van der Waals surface area contributed by atoms with Crippen molar-refractivity contribution in [3.63, 3.8) is 0 Å². The fourth-order valence-electron chi connectivity index (χ4n) is 1.78. The number of nitrogen functional groups attached to an aromatic ring is 1. The largest absolute Gasteiger partial charge is 0.399 e. The molecule has 0 aliphatic heterocycles. The van der Waals surface area contributed by atoms with Gasteiger partial charge in [-0.25, -0.2) is 0 Å². The number of hydrogen-bond acceptors (Lipinski definition) is 2. The zero-order valence-corrected chi connectivity index (χ0v) is 9.96. The third-order valence-electron chi connectivity index (χ3n) is 2.44. The summed E-state index contributed by atoms with van der Waals surface area (Å²) in [5, 5.41) is 3.42. The molecule has 1 unspecified atom stereocenters. The van der Waals surface area contributed by atoms with Crippen LogP contribution in [0.2, 0.25) is 0 Å². The van der Waals surface area contributed by atoms with Crippen LogP contribution < -0.4 is 11.1 Å². The summed E-state index contributed by atoms with van der Waals surface area (Å²) in [5.74, 6) is 1.48. The van der Waals surface area contributed by atoms with Crippen molar-refractivity contribution in [1.29, 1.82) is 0 Å². The van der Waals surface area contributed by atoms with E-state index in [0.29, 0.717) is 5.92 Å². The van der Waals surface area contributed by atoms with Gasteiger partial charge in [-0.3, -0.25) is 0 Å². The van der Waals surface area contributed by atoms with Gasteiger partial charge in [-0.15, -0.1) is 0 Å². The summed E-state index contributed by atoms with van der Waals surface area (Å²) in [6, 6.07) is 7.90. The normalized spacial score (nSPS) is 12.8. The second-order valence-electron chi connectivity index (χ2n) is 4.74. The minimum Gasteiger partial charge on any atom is -0.399 e. The van der Waals surface area contributed by atoms with Crippen LogP contribution in [0, 0.1) is 11.8 Å². The lowest BCUT2D eigenvalue weighted by molar-refractivity contribution is 0.455. The van der Waals surface area contributed by atoms with Crippen molar-refractivity contribution in [1.82, 2.24) is 0 Å². The Morgan fingerprint density at radius 1 is 1.13 bits per heavy atom. The Hall–Kier alpha value is -1.18. The van der Waals surface area contributed by atoms with Gasteiger partial charge in [0.25, 0.3) is 0 Å². The Labute approximate surface area is 92.9 Å². The zero-order valence-electron chi connectivity index (χ0n) is 9.96. The molecule has 0 saturated heterocycles. The maximum Gasteiger partial charge on any atom is 0.0341 e. The molecule has 0 radical (unpaired) electrons. The summed E-state index contributed by atoms with van der Waals surface area (Å²) in [6.07, 6.45) is 1.27. The number of rotatable bonds is 5. The Morgan fingerprint density at radius 3 is 2.27 bits per heavy atom. The lowest BCUT2D eigenvalue weighted by atomic mass is 9.99. The standard InChI is InChI=1S/C13H22N2/c1-10(2)8-11(3)9-15-13-6-4-12(14)5-7-13/h4-7,10-11,15H,8-9,14H2,1-3H3. The predicted octanol–water partition coefficient (Wildman–Crippen LogP) is 3.36. The van der Waals surface area contributed by atoms with Crippen LogP contribution in [0.25, 0.3) is 0 Å². The molecule has 2 nitrogen and oxygen atoms in total. The number of anilines is 2. The highest BCUT2D eigenvalue weighted by Crippen LogP contribution is 2.14. The zero-order chi connectivity index (χ0) is 11.3. The number of benzene rings is 1. The van der Waals surface area contributed by atoms with Gasteiger partial charge in [0.1, 0.15) is 0 Å². The maximum atomic E-state index is 5.62. The van der Waals surface area contributed by atoms with Gasteiger partial charge in [-0.2, -0.15) is 0 Å². The van der Waals surface area contributed by atoms with Crippen LogP contribution in [0.1, 0.15) is 27.2 Å². The van der Waals surface area contributed by atoms with Crippen molar-refractivity contribution in [3.8, 4) is 0 Å². The van der Waals surface area contributed by atoms with Gasteiger partial charge in [-0.1, -0.05) is 20.8 Å². The van der Waals surface area contributed by atoms with E-state index in [4.69, 9.17) is 5.73 Å². The van der Waals surface area contributed by atoms with E-state index in [0.717, 1.165) is 23.8 Å². The highest BCUT2D eigenvalue weighted by molar-refractivity contribution is 5.51. The summed E-state index contributed by atoms with van der Waals surface area (Å²) in [7, 11) is 0. The Bertz CT molecular complexity index is 277. The first-order valence-electron chi connectivity index (χ1n) is 5.67. The third kappa shape index (κ3) is 4.73. The molecule has 2 heteroatoms. The van der Waals surface area contributed by atoms with Crippen molar-refractivity contribution in [3.05, 3.63) is 24.3 Å². The van der Waals surface area contributed by atoms with Gasteiger partial charge >= 0.3 is 0 Å². The van der Waals surface area contributed by atoms with E-state index in [-0.39, 0.29) is 0 Å². The molecule has 0 amide bonds. The molecular formula is C13H22N2. The average Bonchev–Trinajstić information content (AvgIpc) is 2.16. The molecular weight excluding hydrogens is 184 g/mol. The summed E-state index contributed by atoms with van der Waals surface area (Å²) >= 11 is 0. The van der Waals surface area contributed by atoms with Gasteiger partial charge in [0.2, 0.25) is 0 Å². The Kier molecular flexibility index (Phi) is 4.47. The van der Waals surface area contributed by atoms with Gasteiger partial charge in [-0.05, 0) is 42.5 Å². The lowest BCUT2D eigenvalue weighted by Gasteiger charge is -2.15. The van der Waals surface area contributed by atoms with Crippen LogP contribution in [0.3, 0.4) is 0 Å². The quantitative estimate of drug-likeness (QED) is 0.725. The van der Waals surface area contributed by atoms with Gasteiger partial charge in [0, 0.05) is 17.9 Å². The van der Waals surface area contributed by atoms with E-state index in [2.05, 4.69) is 26.1 Å². The number of nitrogens with two attached hydrogens (primary N) is 1. The molecule has 84 valence electrons. The van der Waals surface area contributed by atoms with Crippen molar-refractivity contribution >= 4 is 11.4 Å². The molecule has 0 fully saturated rings. The van der Waals surface area contributed by atoms with E-state index >= 15 is 0 Å². The van der Waals surface area contributed by atoms with Crippen LogP contribution in [-0.4, -0.2) is 6.54 Å². The van der Waals surface area contributed by atoms with Crippen molar-refractivity contribution in [2.75, 3.05) is 17.6 Å². The highest BCUT2D eigenvalue weighted by Gasteiger charge is 2.04. The first-order chi connectivity index (χ1) is 7.08. The topological polar surface area (TPSA) is 38.0 Å². The number of nitrogens with one attached hydrogen (secondary N) is 1. The first kappa shape index (κ1) is 11.9. The Morgan fingerprint density at radius 2 is 1.73 bits per heavy atom. The average molecular weight is 206 g/mol. The molecule has 0 heterocycles. The highest BCUT2D eigenvalue weighted by atomic mass is 14.9. The van der Waals surface area contributed by atoms with E-state index < -0.39 is 0 Å². The molecule has 3 N–H and O–H groups in total. The van der Waals surface area contributed by atoms with Crippen LogP contribution in [0.4, 0.5) is 11.4 Å². The minimum absolute atomic E-state index is 0.711. The summed E-state index contributed by atoms with van der Waals surface area (Å²) in [4.78, 5) is 0. The summed E-state index contributed by atoms with van der Waals surface area (Å²) in [5.41, 5.74) is 7.59. The van der Waals surface area contributed by atoms with Crippen LogP contribution in [0.5, 0.6) is 0 Å². The van der Waals surface area contributed by atoms with Gasteiger partial charge in [0.15, 0.2) is 0 Å². The monoisotopic (exact) mass is 206 g/mol. The van der Waals surface area contributed by atoms with E-state index in [1.54, 1.807) is 0 Å². The van der Waals surface area contributed by atoms with Crippen LogP contribution in [-0.2, 0) is 0 Å². The van der Waals surface area contributed by atoms with Crippen LogP contribution in [0.15, 0.2) is 24.3 Å². The van der Waals surface area contributed by atoms with E-state index in [1.807, 2.05) is 24.3 Å². The molecule has 1 rings (SSSR count). The van der Waals surface area contributed by atoms with Crippen molar-refractivity contribution in [2.24, 2.45) is 11.8 Å². The molecule has 1 aromatic rings. The molecule has 1 atom stereocenters. The van der Waals surface area contributed by atoms with Gasteiger partial charge in [0.05, 0.1) is 0 Å². The van der Waals surface area contributed by atoms with Crippen molar-refractivity contribution in [2.45, 2.75) is 27.2 Å². The predicted molar refractivity (Wildman–Crippen MR) is 68.0 cm³/mol. The lowest BCUT2D eigenvalue weighted by Crippen LogP contribution is -2.13. The van der Waals surface area contributed by atoms with Gasteiger partial charge < -0.3 is 11.1 Å². The van der Waals surface area contributed by atoms with Crippen LogP contribution >= 0.6 is 0 Å². The first-order valence-corrected chi connectivity index (χ1v) is 5.67. The second kappa shape index (κ2) is 5.64. The Balaban J connectivity index is 2.33. The second-order valence-corrected chi connectivity index (χ2v) is 4.74. The fourth-order valence-corrected chi connectivity index (χ4v) is 1.78. The molecule has 0 aliphatic carbocycles. The molecule has 0 aliphatic rings. The van der Waals surface area contributed by atoms with Crippen molar-refractivity contribution < 1.29 is 0 Å². The maximum absolute atomic E-state index is 5.62.